The quantitative estimate of drug-likeness (QED) is 0.192. The highest BCUT2D eigenvalue weighted by molar-refractivity contribution is 5.97. The maximum atomic E-state index is 14.4. The van der Waals surface area contributed by atoms with Gasteiger partial charge in [-0.1, -0.05) is 75.8 Å². The fourth-order valence-electron chi connectivity index (χ4n) is 6.35. The van der Waals surface area contributed by atoms with Crippen LogP contribution >= 0.6 is 0 Å². The van der Waals surface area contributed by atoms with E-state index in [1.807, 2.05) is 33.8 Å². The van der Waals surface area contributed by atoms with Crippen molar-refractivity contribution in [3.63, 3.8) is 0 Å². The number of nitrogens with zero attached hydrogens (tertiary/aromatic N) is 1. The van der Waals surface area contributed by atoms with E-state index in [-0.39, 0.29) is 42.7 Å². The lowest BCUT2D eigenvalue weighted by atomic mass is 9.63. The number of hydrogen-bond donors (Lipinski definition) is 4. The minimum Gasteiger partial charge on any atom is -0.391 e. The highest BCUT2D eigenvalue weighted by Crippen LogP contribution is 2.44. The first-order valence-corrected chi connectivity index (χ1v) is 16.5. The summed E-state index contributed by atoms with van der Waals surface area (Å²) in [5.41, 5.74) is 6.44. The number of amides is 3. The van der Waals surface area contributed by atoms with E-state index in [0.29, 0.717) is 36.3 Å². The Bertz CT molecular complexity index is 1420. The molecule has 0 aromatic heterocycles. The minimum atomic E-state index is -1.58. The van der Waals surface area contributed by atoms with Gasteiger partial charge in [-0.05, 0) is 61.8 Å². The van der Waals surface area contributed by atoms with E-state index in [0.717, 1.165) is 31.0 Å². The molecule has 0 saturated carbocycles. The third-order valence-corrected chi connectivity index (χ3v) is 8.49. The van der Waals surface area contributed by atoms with Crippen molar-refractivity contribution in [1.29, 1.82) is 0 Å². The van der Waals surface area contributed by atoms with Crippen LogP contribution in [0.4, 0.5) is 8.78 Å². The Morgan fingerprint density at radius 1 is 1.00 bits per heavy atom. The summed E-state index contributed by atoms with van der Waals surface area (Å²) < 4.78 is 28.8. The zero-order chi connectivity index (χ0) is 34.7. The third-order valence-electron chi connectivity index (χ3n) is 8.49. The zero-order valence-corrected chi connectivity index (χ0v) is 28.2. The Morgan fingerprint density at radius 3 is 2.17 bits per heavy atom. The molecule has 0 heterocycles. The van der Waals surface area contributed by atoms with Gasteiger partial charge >= 0.3 is 0 Å². The fourth-order valence-corrected chi connectivity index (χ4v) is 6.35. The van der Waals surface area contributed by atoms with Crippen LogP contribution in [0.25, 0.3) is 0 Å². The Balaban J connectivity index is 2.05. The van der Waals surface area contributed by atoms with Gasteiger partial charge in [-0.2, -0.15) is 0 Å². The summed E-state index contributed by atoms with van der Waals surface area (Å²) in [6, 6.07) is 11.3. The SMILES string of the molecule is CCCN(CCC)C(=O)C1=CC(C)=CC(C(N)=O)([C@H](Cc2cc(F)cc(F)c2)[C@@H](O)CN[C@H](C(=O)NCC(C)C)c2ccccc2)C1. The first-order chi connectivity index (χ1) is 22.3. The Morgan fingerprint density at radius 2 is 1.62 bits per heavy atom. The molecule has 256 valence electrons. The summed E-state index contributed by atoms with van der Waals surface area (Å²) in [5, 5.41) is 18.0. The molecule has 8 nitrogen and oxygen atoms in total. The van der Waals surface area contributed by atoms with Gasteiger partial charge in [0, 0.05) is 43.7 Å². The molecule has 0 spiro atoms. The summed E-state index contributed by atoms with van der Waals surface area (Å²) in [4.78, 5) is 42.4. The number of benzene rings is 2. The average Bonchev–Trinajstić information content (AvgIpc) is 3.01. The summed E-state index contributed by atoms with van der Waals surface area (Å²) in [7, 11) is 0. The van der Waals surface area contributed by atoms with E-state index in [2.05, 4.69) is 10.6 Å². The smallest absolute Gasteiger partial charge is 0.249 e. The molecule has 1 aliphatic rings. The highest BCUT2D eigenvalue weighted by Gasteiger charge is 2.48. The standard InChI is InChI=1S/C37H50F2N4O4/c1-6-13-43(14-7-2)35(46)28-15-25(5)20-37(21-28,36(40)47)31(18-26-16-29(38)19-30(39)17-26)32(44)23-41-33(27-11-9-8-10-12-27)34(45)42-22-24(3)4/h8-12,15-17,19-20,24,31-33,41,44H,6-7,13-14,18,21-23H2,1-5H3,(H2,40,47)(H,42,45)/t31-,32+,33+,37?/m1/s1. The van der Waals surface area contributed by atoms with Crippen LogP contribution in [0, 0.1) is 28.9 Å². The second-order valence-corrected chi connectivity index (χ2v) is 13.0. The van der Waals surface area contributed by atoms with E-state index in [9.17, 15) is 28.3 Å². The number of nitrogens with one attached hydrogen (secondary N) is 2. The summed E-state index contributed by atoms with van der Waals surface area (Å²) in [5.74, 6) is -3.70. The molecular weight excluding hydrogens is 602 g/mol. The average molecular weight is 653 g/mol. The highest BCUT2D eigenvalue weighted by atomic mass is 19.1. The molecule has 1 unspecified atom stereocenters. The topological polar surface area (TPSA) is 125 Å². The van der Waals surface area contributed by atoms with Crippen LogP contribution in [0.3, 0.4) is 0 Å². The molecule has 10 heteroatoms. The Kier molecular flexibility index (Phi) is 13.8. The summed E-state index contributed by atoms with van der Waals surface area (Å²) in [6.45, 7) is 11.0. The fraction of sp³-hybridized carbons (Fsp3) is 0.486. The third kappa shape index (κ3) is 10.0. The molecule has 0 aliphatic heterocycles. The maximum absolute atomic E-state index is 14.4. The van der Waals surface area contributed by atoms with Crippen LogP contribution in [-0.2, 0) is 20.8 Å². The predicted molar refractivity (Wildman–Crippen MR) is 180 cm³/mol. The molecule has 2 aromatic rings. The second-order valence-electron chi connectivity index (χ2n) is 13.0. The van der Waals surface area contributed by atoms with Crippen molar-refractivity contribution < 1.29 is 28.3 Å². The Hall–Kier alpha value is -3.89. The number of aliphatic hydroxyl groups is 1. The Labute approximate surface area is 277 Å². The molecule has 4 atom stereocenters. The number of aliphatic hydroxyl groups excluding tert-OH is 1. The molecule has 3 amide bonds. The van der Waals surface area contributed by atoms with Crippen molar-refractivity contribution in [2.75, 3.05) is 26.2 Å². The second kappa shape index (κ2) is 17.3. The lowest BCUT2D eigenvalue weighted by molar-refractivity contribution is -0.132. The lowest BCUT2D eigenvalue weighted by Gasteiger charge is -2.42. The van der Waals surface area contributed by atoms with Crippen molar-refractivity contribution in [1.82, 2.24) is 15.5 Å². The predicted octanol–water partition coefficient (Wildman–Crippen LogP) is 4.98. The number of primary amides is 1. The zero-order valence-electron chi connectivity index (χ0n) is 28.2. The van der Waals surface area contributed by atoms with Gasteiger partial charge < -0.3 is 21.1 Å². The van der Waals surface area contributed by atoms with Gasteiger partial charge in [-0.3, -0.25) is 19.7 Å². The van der Waals surface area contributed by atoms with Crippen molar-refractivity contribution in [3.8, 4) is 0 Å². The molecule has 0 radical (unpaired) electrons. The molecule has 47 heavy (non-hydrogen) atoms. The summed E-state index contributed by atoms with van der Waals surface area (Å²) in [6.07, 6.45) is 3.33. The van der Waals surface area contributed by atoms with Gasteiger partial charge in [0.1, 0.15) is 17.7 Å². The first kappa shape index (κ1) is 37.6. The van der Waals surface area contributed by atoms with Crippen molar-refractivity contribution in [2.45, 2.75) is 72.4 Å². The van der Waals surface area contributed by atoms with Crippen LogP contribution in [0.5, 0.6) is 0 Å². The van der Waals surface area contributed by atoms with Crippen molar-refractivity contribution in [2.24, 2.45) is 23.0 Å². The van der Waals surface area contributed by atoms with Gasteiger partial charge in [0.15, 0.2) is 0 Å². The van der Waals surface area contributed by atoms with Crippen LogP contribution < -0.4 is 16.4 Å². The molecular formula is C37H50F2N4O4. The molecule has 0 bridgehead atoms. The van der Waals surface area contributed by atoms with E-state index >= 15 is 0 Å². The van der Waals surface area contributed by atoms with Crippen LogP contribution in [0.2, 0.25) is 0 Å². The molecule has 3 rings (SSSR count). The molecule has 1 aliphatic carbocycles. The number of carbonyl (C=O) groups is 3. The number of carbonyl (C=O) groups excluding carboxylic acids is 3. The van der Waals surface area contributed by atoms with Crippen LogP contribution in [-0.4, -0.2) is 60.0 Å². The molecule has 0 fully saturated rings. The first-order valence-electron chi connectivity index (χ1n) is 16.5. The van der Waals surface area contributed by atoms with E-state index in [1.54, 1.807) is 48.2 Å². The number of hydrogen-bond acceptors (Lipinski definition) is 5. The number of rotatable bonds is 17. The van der Waals surface area contributed by atoms with E-state index < -0.39 is 41.0 Å². The lowest BCUT2D eigenvalue weighted by Crippen LogP contribution is -2.52. The van der Waals surface area contributed by atoms with Crippen LogP contribution in [0.1, 0.15) is 71.0 Å². The molecule has 5 N–H and O–H groups in total. The largest absolute Gasteiger partial charge is 0.391 e. The summed E-state index contributed by atoms with van der Waals surface area (Å²) >= 11 is 0. The van der Waals surface area contributed by atoms with Crippen molar-refractivity contribution >= 4 is 17.7 Å². The van der Waals surface area contributed by atoms with Gasteiger partial charge in [0.25, 0.3) is 0 Å². The number of halogens is 2. The monoisotopic (exact) mass is 652 g/mol. The number of nitrogens with two attached hydrogens (primary N) is 1. The van der Waals surface area contributed by atoms with Gasteiger partial charge in [0.2, 0.25) is 17.7 Å². The number of allylic oxidation sites excluding steroid dienone is 2. The normalized spacial score (nSPS) is 18.1. The van der Waals surface area contributed by atoms with Crippen molar-refractivity contribution in [3.05, 3.63) is 94.6 Å². The van der Waals surface area contributed by atoms with Gasteiger partial charge in [0.05, 0.1) is 11.5 Å². The molecule has 2 aromatic carbocycles. The van der Waals surface area contributed by atoms with Crippen LogP contribution in [0.15, 0.2) is 71.8 Å². The van der Waals surface area contributed by atoms with Gasteiger partial charge in [-0.15, -0.1) is 0 Å². The van der Waals surface area contributed by atoms with Gasteiger partial charge in [-0.25, -0.2) is 8.78 Å². The minimum absolute atomic E-state index is 0.0983. The van der Waals surface area contributed by atoms with E-state index in [4.69, 9.17) is 5.73 Å². The maximum Gasteiger partial charge on any atom is 0.249 e. The molecule has 0 saturated heterocycles. The van der Waals surface area contributed by atoms with E-state index in [1.165, 1.54) is 0 Å².